The smallest absolute Gasteiger partial charge is 0.337 e. The van der Waals surface area contributed by atoms with E-state index < -0.39 is 11.9 Å². The van der Waals surface area contributed by atoms with Gasteiger partial charge in [0, 0.05) is 17.3 Å². The van der Waals surface area contributed by atoms with Crippen LogP contribution in [0.3, 0.4) is 0 Å². The number of aromatic nitrogens is 2. The first-order valence-electron chi connectivity index (χ1n) is 4.99. The summed E-state index contributed by atoms with van der Waals surface area (Å²) >= 11 is 1.35. The Labute approximate surface area is 106 Å². The van der Waals surface area contributed by atoms with Crippen LogP contribution >= 0.6 is 11.3 Å². The van der Waals surface area contributed by atoms with E-state index in [1.807, 2.05) is 6.92 Å². The fraction of sp³-hybridized carbons (Fsp3) is 0.0909. The van der Waals surface area contributed by atoms with Crippen molar-refractivity contribution in [3.05, 3.63) is 40.7 Å². The predicted octanol–water partition coefficient (Wildman–Crippen LogP) is 1.80. The van der Waals surface area contributed by atoms with Crippen LogP contribution in [-0.4, -0.2) is 27.0 Å². The minimum atomic E-state index is -1.08. The third kappa shape index (κ3) is 2.69. The van der Waals surface area contributed by atoms with Gasteiger partial charge in [0.05, 0.1) is 5.56 Å². The van der Waals surface area contributed by atoms with Crippen LogP contribution in [-0.2, 0) is 0 Å². The van der Waals surface area contributed by atoms with Gasteiger partial charge in [-0.2, -0.15) is 0 Å². The number of rotatable bonds is 3. The first kappa shape index (κ1) is 12.2. The molecule has 18 heavy (non-hydrogen) atoms. The summed E-state index contributed by atoms with van der Waals surface area (Å²) in [4.78, 5) is 31.1. The fourth-order valence-electron chi connectivity index (χ4n) is 1.23. The lowest BCUT2D eigenvalue weighted by Crippen LogP contribution is -2.13. The summed E-state index contributed by atoms with van der Waals surface area (Å²) in [7, 11) is 0. The lowest BCUT2D eigenvalue weighted by Gasteiger charge is -2.01. The van der Waals surface area contributed by atoms with Gasteiger partial charge in [0.15, 0.2) is 5.13 Å². The van der Waals surface area contributed by atoms with Gasteiger partial charge >= 0.3 is 5.97 Å². The molecule has 2 aromatic rings. The summed E-state index contributed by atoms with van der Waals surface area (Å²) in [5.74, 6) is -1.49. The van der Waals surface area contributed by atoms with Crippen LogP contribution in [0.25, 0.3) is 0 Å². The second kappa shape index (κ2) is 4.92. The molecule has 0 radical (unpaired) electrons. The highest BCUT2D eigenvalue weighted by Gasteiger charge is 2.11. The molecule has 2 rings (SSSR count). The maximum atomic E-state index is 11.8. The number of hydrogen-bond donors (Lipinski definition) is 2. The number of aryl methyl sites for hydroxylation is 1. The van der Waals surface area contributed by atoms with E-state index in [4.69, 9.17) is 5.11 Å². The van der Waals surface area contributed by atoms with Crippen LogP contribution in [0.15, 0.2) is 24.5 Å². The summed E-state index contributed by atoms with van der Waals surface area (Å²) < 4.78 is 0. The largest absolute Gasteiger partial charge is 0.478 e. The van der Waals surface area contributed by atoms with Gasteiger partial charge in [-0.25, -0.2) is 9.78 Å². The van der Waals surface area contributed by atoms with E-state index in [1.165, 1.54) is 23.5 Å². The molecule has 2 heterocycles. The number of anilines is 1. The van der Waals surface area contributed by atoms with Crippen LogP contribution in [0.4, 0.5) is 5.13 Å². The van der Waals surface area contributed by atoms with Gasteiger partial charge in [-0.15, -0.1) is 11.3 Å². The Morgan fingerprint density at radius 3 is 2.56 bits per heavy atom. The Hall–Kier alpha value is -2.28. The fourth-order valence-corrected chi connectivity index (χ4v) is 1.89. The summed E-state index contributed by atoms with van der Waals surface area (Å²) in [6, 6.07) is 2.69. The minimum Gasteiger partial charge on any atom is -0.478 e. The van der Waals surface area contributed by atoms with Crippen molar-refractivity contribution < 1.29 is 14.7 Å². The molecule has 2 N–H and O–H groups in total. The molecule has 0 aliphatic rings. The zero-order chi connectivity index (χ0) is 13.1. The van der Waals surface area contributed by atoms with Crippen molar-refractivity contribution in [3.63, 3.8) is 0 Å². The Morgan fingerprint density at radius 2 is 2.06 bits per heavy atom. The van der Waals surface area contributed by atoms with Crippen molar-refractivity contribution in [2.24, 2.45) is 0 Å². The van der Waals surface area contributed by atoms with Gasteiger partial charge in [-0.3, -0.25) is 15.1 Å². The number of carboxylic acids is 1. The molecule has 0 aromatic carbocycles. The number of thiazole rings is 1. The lowest BCUT2D eigenvalue weighted by molar-refractivity contribution is 0.0696. The molecule has 0 atom stereocenters. The number of amides is 1. The van der Waals surface area contributed by atoms with Gasteiger partial charge in [-0.1, -0.05) is 0 Å². The van der Waals surface area contributed by atoms with Gasteiger partial charge in [0.1, 0.15) is 5.69 Å². The number of aromatic carboxylic acids is 1. The van der Waals surface area contributed by atoms with E-state index >= 15 is 0 Å². The Kier molecular flexibility index (Phi) is 3.33. The molecule has 0 spiro atoms. The average Bonchev–Trinajstić information content (AvgIpc) is 2.75. The van der Waals surface area contributed by atoms with Gasteiger partial charge < -0.3 is 5.11 Å². The quantitative estimate of drug-likeness (QED) is 0.880. The van der Waals surface area contributed by atoms with Gasteiger partial charge in [0.2, 0.25) is 0 Å². The number of carboxylic acid groups (broad SMARTS) is 1. The highest BCUT2D eigenvalue weighted by atomic mass is 32.1. The van der Waals surface area contributed by atoms with Gasteiger partial charge in [-0.05, 0) is 19.1 Å². The topological polar surface area (TPSA) is 92.2 Å². The molecule has 92 valence electrons. The Bertz CT molecular complexity index is 592. The van der Waals surface area contributed by atoms with Crippen molar-refractivity contribution >= 4 is 28.3 Å². The van der Waals surface area contributed by atoms with Crippen LogP contribution in [0.1, 0.15) is 25.7 Å². The third-order valence-corrected chi connectivity index (χ3v) is 2.91. The molecule has 2 aromatic heterocycles. The second-order valence-electron chi connectivity index (χ2n) is 3.47. The van der Waals surface area contributed by atoms with Crippen LogP contribution in [0.2, 0.25) is 0 Å². The number of nitrogens with one attached hydrogen (secondary N) is 1. The number of nitrogens with zero attached hydrogens (tertiary/aromatic N) is 2. The molecule has 0 saturated carbocycles. The molecule has 7 heteroatoms. The molecule has 0 aliphatic carbocycles. The number of pyridine rings is 1. The second-order valence-corrected chi connectivity index (χ2v) is 4.70. The van der Waals surface area contributed by atoms with Crippen molar-refractivity contribution in [2.45, 2.75) is 6.92 Å². The highest BCUT2D eigenvalue weighted by Crippen LogP contribution is 2.17. The Balaban J connectivity index is 2.11. The van der Waals surface area contributed by atoms with E-state index in [9.17, 15) is 9.59 Å². The molecular formula is C11H9N3O3S. The zero-order valence-electron chi connectivity index (χ0n) is 9.38. The van der Waals surface area contributed by atoms with Crippen LogP contribution < -0.4 is 5.32 Å². The maximum absolute atomic E-state index is 11.8. The monoisotopic (exact) mass is 263 g/mol. The van der Waals surface area contributed by atoms with Crippen LogP contribution in [0, 0.1) is 6.92 Å². The van der Waals surface area contributed by atoms with E-state index in [-0.39, 0.29) is 11.3 Å². The van der Waals surface area contributed by atoms with E-state index in [1.54, 1.807) is 6.20 Å². The third-order valence-electron chi connectivity index (χ3n) is 2.08. The van der Waals surface area contributed by atoms with E-state index in [0.717, 1.165) is 11.1 Å². The summed E-state index contributed by atoms with van der Waals surface area (Å²) in [6.07, 6.45) is 2.80. The number of carbonyl (C=O) groups is 2. The lowest BCUT2D eigenvalue weighted by atomic mass is 10.2. The minimum absolute atomic E-state index is 0.0386. The standard InChI is InChI=1S/C11H9N3O3S/c1-6-4-13-11(18-6)14-9(15)8-3-2-7(5-12-8)10(16)17/h2-5H,1H3,(H,16,17)(H,13,14,15). The molecule has 0 aliphatic heterocycles. The first-order chi connectivity index (χ1) is 8.56. The summed E-state index contributed by atoms with van der Waals surface area (Å²) in [5.41, 5.74) is 0.185. The SMILES string of the molecule is Cc1cnc(NC(=O)c2ccc(C(=O)O)cn2)s1. The summed E-state index contributed by atoms with van der Waals surface area (Å²) in [5, 5.41) is 11.8. The highest BCUT2D eigenvalue weighted by molar-refractivity contribution is 7.15. The van der Waals surface area contributed by atoms with Crippen molar-refractivity contribution in [1.82, 2.24) is 9.97 Å². The molecule has 0 fully saturated rings. The maximum Gasteiger partial charge on any atom is 0.337 e. The van der Waals surface area contributed by atoms with Gasteiger partial charge in [0.25, 0.3) is 5.91 Å². The molecule has 6 nitrogen and oxygen atoms in total. The van der Waals surface area contributed by atoms with E-state index in [2.05, 4.69) is 15.3 Å². The zero-order valence-corrected chi connectivity index (χ0v) is 10.2. The Morgan fingerprint density at radius 1 is 1.28 bits per heavy atom. The molecule has 1 amide bonds. The molecule has 0 saturated heterocycles. The van der Waals surface area contributed by atoms with Crippen molar-refractivity contribution in [1.29, 1.82) is 0 Å². The first-order valence-corrected chi connectivity index (χ1v) is 5.81. The molecule has 0 bridgehead atoms. The van der Waals surface area contributed by atoms with Crippen molar-refractivity contribution in [2.75, 3.05) is 5.32 Å². The van der Waals surface area contributed by atoms with Crippen molar-refractivity contribution in [3.8, 4) is 0 Å². The normalized spacial score (nSPS) is 10.1. The summed E-state index contributed by atoms with van der Waals surface area (Å²) in [6.45, 7) is 1.88. The van der Waals surface area contributed by atoms with Crippen LogP contribution in [0.5, 0.6) is 0 Å². The number of hydrogen-bond acceptors (Lipinski definition) is 5. The molecule has 0 unspecified atom stereocenters. The number of carbonyl (C=O) groups excluding carboxylic acids is 1. The predicted molar refractivity (Wildman–Crippen MR) is 66.0 cm³/mol. The van der Waals surface area contributed by atoms with E-state index in [0.29, 0.717) is 5.13 Å². The average molecular weight is 263 g/mol. The molecular weight excluding hydrogens is 254 g/mol.